The lowest BCUT2D eigenvalue weighted by molar-refractivity contribution is 0.549. The molecule has 1 saturated heterocycles. The van der Waals surface area contributed by atoms with Gasteiger partial charge in [-0.1, -0.05) is 0 Å². The zero-order valence-electron chi connectivity index (χ0n) is 8.23. The molecule has 6 nitrogen and oxygen atoms in total. The van der Waals surface area contributed by atoms with Gasteiger partial charge in [0.25, 0.3) is 10.0 Å². The molecule has 0 bridgehead atoms. The number of aromatic nitrogens is 2. The molecule has 0 aliphatic carbocycles. The number of nitrogens with zero attached hydrogens (tertiary/aromatic N) is 1. The average Bonchev–Trinajstić information content (AvgIpc) is 2.88. The van der Waals surface area contributed by atoms with Gasteiger partial charge in [0.1, 0.15) is 0 Å². The van der Waals surface area contributed by atoms with Gasteiger partial charge in [0.15, 0.2) is 5.03 Å². The van der Waals surface area contributed by atoms with Crippen molar-refractivity contribution in [3.8, 4) is 0 Å². The lowest BCUT2D eigenvalue weighted by Gasteiger charge is -2.10. The molecule has 0 aromatic carbocycles. The summed E-state index contributed by atoms with van der Waals surface area (Å²) < 4.78 is 25.8. The van der Waals surface area contributed by atoms with Crippen molar-refractivity contribution >= 4 is 10.0 Å². The molecule has 3 N–H and O–H groups in total. The minimum atomic E-state index is -3.41. The Bertz CT molecular complexity index is 394. The Morgan fingerprint density at radius 2 is 2.47 bits per heavy atom. The first-order valence-corrected chi connectivity index (χ1v) is 6.38. The molecule has 1 atom stereocenters. The van der Waals surface area contributed by atoms with E-state index < -0.39 is 10.0 Å². The maximum atomic E-state index is 11.6. The van der Waals surface area contributed by atoms with Crippen LogP contribution in [0, 0.1) is 0 Å². The number of hydrogen-bond acceptors (Lipinski definition) is 4. The van der Waals surface area contributed by atoms with Gasteiger partial charge in [0.2, 0.25) is 0 Å². The maximum Gasteiger partial charge on any atom is 0.257 e. The Labute approximate surface area is 88.5 Å². The van der Waals surface area contributed by atoms with Gasteiger partial charge in [-0.05, 0) is 19.4 Å². The van der Waals surface area contributed by atoms with E-state index in [0.29, 0.717) is 6.54 Å². The van der Waals surface area contributed by atoms with E-state index in [1.807, 2.05) is 0 Å². The van der Waals surface area contributed by atoms with E-state index in [1.54, 1.807) is 0 Å². The molecule has 0 radical (unpaired) electrons. The van der Waals surface area contributed by atoms with Gasteiger partial charge in [0.05, 0.1) is 12.5 Å². The molecular weight excluding hydrogens is 216 g/mol. The fraction of sp³-hybridized carbons (Fsp3) is 0.625. The second-order valence-electron chi connectivity index (χ2n) is 3.56. The molecule has 1 aliphatic heterocycles. The van der Waals surface area contributed by atoms with Gasteiger partial charge in [-0.15, -0.1) is 0 Å². The van der Waals surface area contributed by atoms with E-state index in [2.05, 4.69) is 20.0 Å². The van der Waals surface area contributed by atoms with Crippen LogP contribution >= 0.6 is 0 Å². The number of nitrogens with one attached hydrogen (secondary N) is 3. The number of rotatable bonds is 4. The molecule has 2 heterocycles. The molecule has 0 saturated carbocycles. The Hall–Kier alpha value is -0.920. The smallest absolute Gasteiger partial charge is 0.257 e. The van der Waals surface area contributed by atoms with E-state index in [0.717, 1.165) is 19.4 Å². The quantitative estimate of drug-likeness (QED) is 0.647. The van der Waals surface area contributed by atoms with Gasteiger partial charge in [-0.3, -0.25) is 0 Å². The van der Waals surface area contributed by atoms with Crippen LogP contribution in [-0.2, 0) is 10.0 Å². The lowest BCUT2D eigenvalue weighted by Crippen LogP contribution is -2.37. The molecule has 1 aliphatic rings. The summed E-state index contributed by atoms with van der Waals surface area (Å²) in [5.41, 5.74) is 0. The van der Waals surface area contributed by atoms with E-state index in [1.165, 1.54) is 12.5 Å². The highest BCUT2D eigenvalue weighted by atomic mass is 32.2. The molecule has 0 amide bonds. The monoisotopic (exact) mass is 230 g/mol. The summed E-state index contributed by atoms with van der Waals surface area (Å²) in [5.74, 6) is 0. The largest absolute Gasteiger partial charge is 0.335 e. The van der Waals surface area contributed by atoms with Crippen LogP contribution in [0.25, 0.3) is 0 Å². The summed E-state index contributed by atoms with van der Waals surface area (Å²) in [4.78, 5) is 6.25. The fourth-order valence-electron chi connectivity index (χ4n) is 1.61. The highest BCUT2D eigenvalue weighted by Gasteiger charge is 2.19. The average molecular weight is 230 g/mol. The molecule has 1 unspecified atom stereocenters. The Kier molecular flexibility index (Phi) is 3.03. The topological polar surface area (TPSA) is 86.9 Å². The van der Waals surface area contributed by atoms with Gasteiger partial charge >= 0.3 is 0 Å². The number of sulfonamides is 1. The molecular formula is C8H14N4O2S. The first kappa shape index (κ1) is 10.6. The van der Waals surface area contributed by atoms with Gasteiger partial charge in [-0.25, -0.2) is 18.1 Å². The molecule has 1 fully saturated rings. The summed E-state index contributed by atoms with van der Waals surface area (Å²) >= 11 is 0. The van der Waals surface area contributed by atoms with Crippen LogP contribution in [0.5, 0.6) is 0 Å². The third kappa shape index (κ3) is 2.55. The van der Waals surface area contributed by atoms with Crippen LogP contribution in [0.15, 0.2) is 17.6 Å². The molecule has 7 heteroatoms. The molecule has 1 aromatic heterocycles. The third-order valence-electron chi connectivity index (χ3n) is 2.44. The van der Waals surface area contributed by atoms with E-state index in [9.17, 15) is 8.42 Å². The van der Waals surface area contributed by atoms with Crippen LogP contribution in [0.1, 0.15) is 12.8 Å². The lowest BCUT2D eigenvalue weighted by atomic mass is 10.2. The first-order valence-electron chi connectivity index (χ1n) is 4.90. The van der Waals surface area contributed by atoms with Crippen molar-refractivity contribution in [3.63, 3.8) is 0 Å². The van der Waals surface area contributed by atoms with Crippen LogP contribution in [-0.4, -0.2) is 37.5 Å². The van der Waals surface area contributed by atoms with Crippen molar-refractivity contribution in [2.45, 2.75) is 23.9 Å². The van der Waals surface area contributed by atoms with Crippen molar-refractivity contribution in [3.05, 3.63) is 12.5 Å². The van der Waals surface area contributed by atoms with Gasteiger partial charge < -0.3 is 10.3 Å². The van der Waals surface area contributed by atoms with Crippen molar-refractivity contribution in [2.75, 3.05) is 13.1 Å². The second-order valence-corrected chi connectivity index (χ2v) is 5.30. The SMILES string of the molecule is O=S(=O)(NCC1CCCN1)c1cnc[nH]1. The zero-order valence-corrected chi connectivity index (χ0v) is 9.05. The number of imidazole rings is 1. The van der Waals surface area contributed by atoms with Crippen LogP contribution in [0.2, 0.25) is 0 Å². The normalized spacial score (nSPS) is 22.0. The van der Waals surface area contributed by atoms with Crippen molar-refractivity contribution in [1.82, 2.24) is 20.0 Å². The molecule has 15 heavy (non-hydrogen) atoms. The number of H-pyrrole nitrogens is 1. The fourth-order valence-corrected chi connectivity index (χ4v) is 2.59. The van der Waals surface area contributed by atoms with E-state index >= 15 is 0 Å². The summed E-state index contributed by atoms with van der Waals surface area (Å²) in [6.45, 7) is 1.40. The Balaban J connectivity index is 1.93. The standard InChI is InChI=1S/C8H14N4O2S/c13-15(14,8-5-9-6-11-8)12-4-7-2-1-3-10-7/h5-7,10,12H,1-4H2,(H,9,11). The number of hydrogen-bond donors (Lipinski definition) is 3. The van der Waals surface area contributed by atoms with Gasteiger partial charge in [-0.2, -0.15) is 0 Å². The molecule has 84 valence electrons. The highest BCUT2D eigenvalue weighted by molar-refractivity contribution is 7.89. The maximum absolute atomic E-state index is 11.6. The third-order valence-corrected chi connectivity index (χ3v) is 3.79. The minimum Gasteiger partial charge on any atom is -0.335 e. The Morgan fingerprint density at radius 3 is 3.07 bits per heavy atom. The molecule has 0 spiro atoms. The van der Waals surface area contributed by atoms with Crippen molar-refractivity contribution in [1.29, 1.82) is 0 Å². The van der Waals surface area contributed by atoms with Gasteiger partial charge in [0, 0.05) is 12.6 Å². The van der Waals surface area contributed by atoms with E-state index in [-0.39, 0.29) is 11.1 Å². The van der Waals surface area contributed by atoms with E-state index in [4.69, 9.17) is 0 Å². The molecule has 1 aromatic rings. The Morgan fingerprint density at radius 1 is 1.60 bits per heavy atom. The van der Waals surface area contributed by atoms with Crippen LogP contribution < -0.4 is 10.0 Å². The summed E-state index contributed by atoms with van der Waals surface area (Å²) in [6, 6.07) is 0.252. The summed E-state index contributed by atoms with van der Waals surface area (Å²) in [7, 11) is -3.41. The van der Waals surface area contributed by atoms with Crippen molar-refractivity contribution < 1.29 is 8.42 Å². The molecule has 2 rings (SSSR count). The van der Waals surface area contributed by atoms with Crippen LogP contribution in [0.3, 0.4) is 0 Å². The van der Waals surface area contributed by atoms with Crippen molar-refractivity contribution in [2.24, 2.45) is 0 Å². The minimum absolute atomic E-state index is 0.112. The second kappa shape index (κ2) is 4.30. The predicted octanol–water partition coefficient (Wildman–Crippen LogP) is -0.560. The first-order chi connectivity index (χ1) is 7.18. The van der Waals surface area contributed by atoms with Crippen LogP contribution in [0.4, 0.5) is 0 Å². The highest BCUT2D eigenvalue weighted by Crippen LogP contribution is 2.06. The number of aromatic amines is 1. The predicted molar refractivity (Wildman–Crippen MR) is 54.8 cm³/mol. The summed E-state index contributed by atoms with van der Waals surface area (Å²) in [5, 5.41) is 3.33. The summed E-state index contributed by atoms with van der Waals surface area (Å²) in [6.07, 6.45) is 4.77. The zero-order chi connectivity index (χ0) is 10.7.